The Labute approximate surface area is 122 Å². The van der Waals surface area contributed by atoms with Crippen LogP contribution in [0.4, 0.5) is 0 Å². The molecule has 2 atom stereocenters. The first-order chi connectivity index (χ1) is 10.2. The Kier molecular flexibility index (Phi) is 4.28. The number of fused-ring (bicyclic) bond motifs is 1. The van der Waals surface area contributed by atoms with Gasteiger partial charge in [-0.1, -0.05) is 12.1 Å². The van der Waals surface area contributed by atoms with Crippen LogP contribution < -0.4 is 10.9 Å². The zero-order valence-corrected chi connectivity index (χ0v) is 12.0. The van der Waals surface area contributed by atoms with Gasteiger partial charge in [0, 0.05) is 13.1 Å². The number of nitrogens with zero attached hydrogens (tertiary/aromatic N) is 1. The fourth-order valence-electron chi connectivity index (χ4n) is 2.46. The molecule has 0 aliphatic carbocycles. The second-order valence-corrected chi connectivity index (χ2v) is 5.27. The van der Waals surface area contributed by atoms with E-state index in [0.29, 0.717) is 23.3 Å². The predicted molar refractivity (Wildman–Crippen MR) is 79.2 cm³/mol. The summed E-state index contributed by atoms with van der Waals surface area (Å²) in [6.07, 6.45) is 0.242. The summed E-state index contributed by atoms with van der Waals surface area (Å²) >= 11 is 0. The van der Waals surface area contributed by atoms with Gasteiger partial charge in [0.25, 0.3) is 5.56 Å². The van der Waals surface area contributed by atoms with Gasteiger partial charge >= 0.3 is 0 Å². The molecule has 6 nitrogen and oxygen atoms in total. The average Bonchev–Trinajstić information content (AvgIpc) is 2.47. The minimum absolute atomic E-state index is 0.0425. The standard InChI is InChI=1S/C15H19N3O3/c1-10-6-16-7-11(21-10)8-20-9-14-17-13-5-3-2-4-12(13)15(19)18-14/h2-5,10-11,16H,6-9H2,1H3,(H,17,18,19). The SMILES string of the molecule is CC1CNCC(COCc2nc3ccccc3c(=O)[nH]2)O1. The Morgan fingerprint density at radius 1 is 1.38 bits per heavy atom. The van der Waals surface area contributed by atoms with Gasteiger partial charge in [0.15, 0.2) is 0 Å². The third-order valence-electron chi connectivity index (χ3n) is 3.43. The smallest absolute Gasteiger partial charge is 0.258 e. The molecule has 1 aliphatic rings. The molecule has 2 N–H and O–H groups in total. The number of ether oxygens (including phenoxy) is 2. The number of rotatable bonds is 4. The molecule has 0 spiro atoms. The quantitative estimate of drug-likeness (QED) is 0.871. The molecule has 2 heterocycles. The highest BCUT2D eigenvalue weighted by Gasteiger charge is 2.18. The van der Waals surface area contributed by atoms with Gasteiger partial charge in [0.1, 0.15) is 12.4 Å². The number of hydrogen-bond donors (Lipinski definition) is 2. The lowest BCUT2D eigenvalue weighted by molar-refractivity contribution is -0.0723. The Balaban J connectivity index is 1.61. The predicted octanol–water partition coefficient (Wildman–Crippen LogP) is 0.817. The van der Waals surface area contributed by atoms with Crippen LogP contribution in [0, 0.1) is 0 Å². The first-order valence-electron chi connectivity index (χ1n) is 7.14. The maximum Gasteiger partial charge on any atom is 0.258 e. The molecule has 2 aromatic rings. The molecule has 0 amide bonds. The summed E-state index contributed by atoms with van der Waals surface area (Å²) in [4.78, 5) is 19.1. The molecule has 1 aromatic carbocycles. The van der Waals surface area contributed by atoms with Gasteiger partial charge in [-0.25, -0.2) is 4.98 Å². The molecule has 0 saturated carbocycles. The van der Waals surface area contributed by atoms with E-state index in [2.05, 4.69) is 15.3 Å². The van der Waals surface area contributed by atoms with E-state index in [-0.39, 0.29) is 24.4 Å². The van der Waals surface area contributed by atoms with Crippen molar-refractivity contribution >= 4 is 10.9 Å². The van der Waals surface area contributed by atoms with Crippen LogP contribution in [0.1, 0.15) is 12.7 Å². The van der Waals surface area contributed by atoms with Crippen LogP contribution >= 0.6 is 0 Å². The fraction of sp³-hybridized carbons (Fsp3) is 0.467. The molecular formula is C15H19N3O3. The molecule has 0 bridgehead atoms. The summed E-state index contributed by atoms with van der Waals surface area (Å²) in [5.41, 5.74) is 0.549. The highest BCUT2D eigenvalue weighted by atomic mass is 16.5. The first kappa shape index (κ1) is 14.2. The lowest BCUT2D eigenvalue weighted by Crippen LogP contribution is -2.45. The van der Waals surface area contributed by atoms with Gasteiger partial charge in [0.05, 0.1) is 29.7 Å². The third kappa shape index (κ3) is 3.47. The Morgan fingerprint density at radius 2 is 2.24 bits per heavy atom. The monoisotopic (exact) mass is 289 g/mol. The fourth-order valence-corrected chi connectivity index (χ4v) is 2.46. The molecule has 3 rings (SSSR count). The highest BCUT2D eigenvalue weighted by molar-refractivity contribution is 5.77. The summed E-state index contributed by atoms with van der Waals surface area (Å²) in [5.74, 6) is 0.538. The van der Waals surface area contributed by atoms with Gasteiger partial charge < -0.3 is 19.8 Å². The number of para-hydroxylation sites is 1. The third-order valence-corrected chi connectivity index (χ3v) is 3.43. The highest BCUT2D eigenvalue weighted by Crippen LogP contribution is 2.07. The number of aromatic amines is 1. The lowest BCUT2D eigenvalue weighted by atomic mass is 10.2. The van der Waals surface area contributed by atoms with Crippen molar-refractivity contribution < 1.29 is 9.47 Å². The zero-order chi connectivity index (χ0) is 14.7. The van der Waals surface area contributed by atoms with E-state index in [1.807, 2.05) is 25.1 Å². The summed E-state index contributed by atoms with van der Waals surface area (Å²) in [7, 11) is 0. The summed E-state index contributed by atoms with van der Waals surface area (Å²) in [6.45, 7) is 4.44. The van der Waals surface area contributed by atoms with Gasteiger partial charge in [0.2, 0.25) is 0 Å². The number of hydrogen-bond acceptors (Lipinski definition) is 5. The van der Waals surface area contributed by atoms with Crippen LogP contribution in [0.15, 0.2) is 29.1 Å². The topological polar surface area (TPSA) is 76.2 Å². The zero-order valence-electron chi connectivity index (χ0n) is 12.0. The van der Waals surface area contributed by atoms with E-state index < -0.39 is 0 Å². The Hall–Kier alpha value is -1.76. The Morgan fingerprint density at radius 3 is 3.10 bits per heavy atom. The molecular weight excluding hydrogens is 270 g/mol. The van der Waals surface area contributed by atoms with Crippen LogP contribution in [0.2, 0.25) is 0 Å². The molecule has 21 heavy (non-hydrogen) atoms. The van der Waals surface area contributed by atoms with Crippen molar-refractivity contribution in [2.45, 2.75) is 25.7 Å². The van der Waals surface area contributed by atoms with Crippen molar-refractivity contribution in [1.82, 2.24) is 15.3 Å². The Bertz CT molecular complexity index is 671. The van der Waals surface area contributed by atoms with E-state index in [1.165, 1.54) is 0 Å². The average molecular weight is 289 g/mol. The second-order valence-electron chi connectivity index (χ2n) is 5.27. The number of benzene rings is 1. The van der Waals surface area contributed by atoms with Crippen LogP contribution in [-0.2, 0) is 16.1 Å². The molecule has 1 saturated heterocycles. The number of nitrogens with one attached hydrogen (secondary N) is 2. The van der Waals surface area contributed by atoms with E-state index in [1.54, 1.807) is 6.07 Å². The van der Waals surface area contributed by atoms with Crippen LogP contribution in [0.5, 0.6) is 0 Å². The maximum absolute atomic E-state index is 11.9. The van der Waals surface area contributed by atoms with E-state index >= 15 is 0 Å². The summed E-state index contributed by atoms with van der Waals surface area (Å²) < 4.78 is 11.4. The number of aromatic nitrogens is 2. The molecule has 1 fully saturated rings. The van der Waals surface area contributed by atoms with Crippen LogP contribution in [0.25, 0.3) is 10.9 Å². The van der Waals surface area contributed by atoms with Crippen molar-refractivity contribution in [3.8, 4) is 0 Å². The van der Waals surface area contributed by atoms with Crippen molar-refractivity contribution in [2.24, 2.45) is 0 Å². The summed E-state index contributed by atoms with van der Waals surface area (Å²) in [6, 6.07) is 7.27. The lowest BCUT2D eigenvalue weighted by Gasteiger charge is -2.28. The molecule has 2 unspecified atom stereocenters. The minimum Gasteiger partial charge on any atom is -0.371 e. The van der Waals surface area contributed by atoms with Crippen molar-refractivity contribution in [1.29, 1.82) is 0 Å². The normalized spacial score (nSPS) is 22.5. The molecule has 1 aliphatic heterocycles. The molecule has 112 valence electrons. The second kappa shape index (κ2) is 6.34. The van der Waals surface area contributed by atoms with E-state index in [0.717, 1.165) is 13.1 Å². The number of morpholine rings is 1. The first-order valence-corrected chi connectivity index (χ1v) is 7.14. The van der Waals surface area contributed by atoms with Crippen molar-refractivity contribution in [3.63, 3.8) is 0 Å². The van der Waals surface area contributed by atoms with Gasteiger partial charge in [-0.05, 0) is 19.1 Å². The molecule has 0 radical (unpaired) electrons. The van der Waals surface area contributed by atoms with Crippen molar-refractivity contribution in [2.75, 3.05) is 19.7 Å². The number of H-pyrrole nitrogens is 1. The molecule has 1 aromatic heterocycles. The molecule has 6 heteroatoms. The van der Waals surface area contributed by atoms with Gasteiger partial charge in [-0.15, -0.1) is 0 Å². The van der Waals surface area contributed by atoms with E-state index in [4.69, 9.17) is 9.47 Å². The summed E-state index contributed by atoms with van der Waals surface area (Å²) in [5, 5.41) is 3.88. The minimum atomic E-state index is -0.136. The van der Waals surface area contributed by atoms with Crippen LogP contribution in [0.3, 0.4) is 0 Å². The maximum atomic E-state index is 11.9. The van der Waals surface area contributed by atoms with Crippen LogP contribution in [-0.4, -0.2) is 41.9 Å². The largest absolute Gasteiger partial charge is 0.371 e. The van der Waals surface area contributed by atoms with Gasteiger partial charge in [-0.2, -0.15) is 0 Å². The van der Waals surface area contributed by atoms with Crippen molar-refractivity contribution in [3.05, 3.63) is 40.4 Å². The van der Waals surface area contributed by atoms with E-state index in [9.17, 15) is 4.79 Å². The van der Waals surface area contributed by atoms with Gasteiger partial charge in [-0.3, -0.25) is 4.79 Å².